The number of fused-ring (bicyclic) bond motifs is 1. The molecule has 0 amide bonds. The molecule has 0 aliphatic rings. The molecule has 6 heteroatoms. The molecule has 1 atom stereocenters. The SMILES string of the molecule is CCOC(=O)C(C)(N)CCCSc1nc2ccccc2o1. The van der Waals surface area contributed by atoms with E-state index in [-0.39, 0.29) is 5.97 Å². The number of thioether (sulfide) groups is 1. The number of aromatic nitrogens is 1. The topological polar surface area (TPSA) is 78.4 Å². The van der Waals surface area contributed by atoms with Crippen molar-refractivity contribution in [2.24, 2.45) is 5.73 Å². The summed E-state index contributed by atoms with van der Waals surface area (Å²) in [5.74, 6) is 0.441. The highest BCUT2D eigenvalue weighted by Gasteiger charge is 2.29. The van der Waals surface area contributed by atoms with Crippen LogP contribution in [-0.4, -0.2) is 28.9 Å². The predicted molar refractivity (Wildman–Crippen MR) is 83.2 cm³/mol. The zero-order chi connectivity index (χ0) is 15.3. The molecule has 0 radical (unpaired) electrons. The Hall–Kier alpha value is -1.53. The van der Waals surface area contributed by atoms with Crippen LogP contribution in [0.3, 0.4) is 0 Å². The van der Waals surface area contributed by atoms with Crippen molar-refractivity contribution in [1.29, 1.82) is 0 Å². The molecule has 2 aromatic rings. The minimum atomic E-state index is -0.933. The Labute approximate surface area is 128 Å². The third-order valence-electron chi connectivity index (χ3n) is 3.08. The summed E-state index contributed by atoms with van der Waals surface area (Å²) in [4.78, 5) is 16.0. The second kappa shape index (κ2) is 6.95. The van der Waals surface area contributed by atoms with E-state index in [2.05, 4.69) is 4.98 Å². The van der Waals surface area contributed by atoms with Crippen molar-refractivity contribution in [3.8, 4) is 0 Å². The fourth-order valence-electron chi connectivity index (χ4n) is 1.91. The lowest BCUT2D eigenvalue weighted by Gasteiger charge is -2.21. The molecule has 1 unspecified atom stereocenters. The summed E-state index contributed by atoms with van der Waals surface area (Å²) in [7, 11) is 0. The molecule has 0 spiro atoms. The van der Waals surface area contributed by atoms with Crippen LogP contribution >= 0.6 is 11.8 Å². The van der Waals surface area contributed by atoms with Crippen LogP contribution in [-0.2, 0) is 9.53 Å². The van der Waals surface area contributed by atoms with Gasteiger partial charge < -0.3 is 14.9 Å². The summed E-state index contributed by atoms with van der Waals surface area (Å²) >= 11 is 1.53. The monoisotopic (exact) mass is 308 g/mol. The van der Waals surface area contributed by atoms with Gasteiger partial charge in [0, 0.05) is 5.75 Å². The molecular formula is C15H20N2O3S. The van der Waals surface area contributed by atoms with Crippen molar-refractivity contribution in [2.75, 3.05) is 12.4 Å². The van der Waals surface area contributed by atoms with Gasteiger partial charge in [0.1, 0.15) is 11.1 Å². The fourth-order valence-corrected chi connectivity index (χ4v) is 2.68. The van der Waals surface area contributed by atoms with Gasteiger partial charge in [-0.15, -0.1) is 0 Å². The lowest BCUT2D eigenvalue weighted by atomic mass is 9.98. The van der Waals surface area contributed by atoms with Crippen LogP contribution in [0.5, 0.6) is 0 Å². The van der Waals surface area contributed by atoms with Gasteiger partial charge in [0.15, 0.2) is 5.58 Å². The van der Waals surface area contributed by atoms with Crippen molar-refractivity contribution in [2.45, 2.75) is 37.5 Å². The summed E-state index contributed by atoms with van der Waals surface area (Å²) < 4.78 is 10.6. The van der Waals surface area contributed by atoms with Crippen molar-refractivity contribution >= 4 is 28.8 Å². The molecule has 2 rings (SSSR count). The molecule has 5 nitrogen and oxygen atoms in total. The first-order valence-corrected chi connectivity index (χ1v) is 7.96. The van der Waals surface area contributed by atoms with E-state index in [1.54, 1.807) is 13.8 Å². The summed E-state index contributed by atoms with van der Waals surface area (Å²) in [6.07, 6.45) is 1.36. The minimum absolute atomic E-state index is 0.350. The van der Waals surface area contributed by atoms with E-state index in [0.717, 1.165) is 23.3 Å². The maximum atomic E-state index is 11.7. The molecule has 2 N–H and O–H groups in total. The first kappa shape index (κ1) is 15.9. The van der Waals surface area contributed by atoms with Gasteiger partial charge in [-0.1, -0.05) is 23.9 Å². The molecule has 0 fully saturated rings. The van der Waals surface area contributed by atoms with Gasteiger partial charge in [-0.05, 0) is 38.8 Å². The van der Waals surface area contributed by atoms with Crippen LogP contribution < -0.4 is 5.73 Å². The smallest absolute Gasteiger partial charge is 0.325 e. The Morgan fingerprint density at radius 3 is 2.95 bits per heavy atom. The van der Waals surface area contributed by atoms with Crippen LogP contribution in [0.2, 0.25) is 0 Å². The third-order valence-corrected chi connectivity index (χ3v) is 4.00. The van der Waals surface area contributed by atoms with Gasteiger partial charge in [-0.3, -0.25) is 4.79 Å². The maximum Gasteiger partial charge on any atom is 0.325 e. The molecular weight excluding hydrogens is 288 g/mol. The van der Waals surface area contributed by atoms with Crippen LogP contribution in [0.15, 0.2) is 33.9 Å². The number of esters is 1. The Morgan fingerprint density at radius 1 is 1.48 bits per heavy atom. The molecule has 114 valence electrons. The van der Waals surface area contributed by atoms with Gasteiger partial charge in [0.25, 0.3) is 5.22 Å². The Kier molecular flexibility index (Phi) is 5.25. The van der Waals surface area contributed by atoms with E-state index in [1.165, 1.54) is 11.8 Å². The highest BCUT2D eigenvalue weighted by atomic mass is 32.2. The van der Waals surface area contributed by atoms with E-state index in [4.69, 9.17) is 14.9 Å². The number of oxazole rings is 1. The summed E-state index contributed by atoms with van der Waals surface area (Å²) in [6, 6.07) is 7.66. The number of hydrogen-bond donors (Lipinski definition) is 1. The zero-order valence-corrected chi connectivity index (χ0v) is 13.1. The quantitative estimate of drug-likeness (QED) is 0.481. The fraction of sp³-hybridized carbons (Fsp3) is 0.467. The lowest BCUT2D eigenvalue weighted by molar-refractivity contribution is -0.149. The molecule has 0 saturated carbocycles. The van der Waals surface area contributed by atoms with Crippen molar-refractivity contribution in [1.82, 2.24) is 4.98 Å². The number of hydrogen-bond acceptors (Lipinski definition) is 6. The van der Waals surface area contributed by atoms with E-state index >= 15 is 0 Å². The van der Waals surface area contributed by atoms with Crippen molar-refractivity contribution in [3.05, 3.63) is 24.3 Å². The van der Waals surface area contributed by atoms with Gasteiger partial charge in [-0.2, -0.15) is 0 Å². The first-order chi connectivity index (χ1) is 10.0. The number of para-hydroxylation sites is 2. The first-order valence-electron chi connectivity index (χ1n) is 6.97. The van der Waals surface area contributed by atoms with E-state index in [0.29, 0.717) is 18.3 Å². The Morgan fingerprint density at radius 2 is 2.24 bits per heavy atom. The number of nitrogens with two attached hydrogens (primary N) is 1. The zero-order valence-electron chi connectivity index (χ0n) is 12.3. The number of rotatable bonds is 7. The largest absolute Gasteiger partial charge is 0.465 e. The second-order valence-electron chi connectivity index (χ2n) is 5.04. The van der Waals surface area contributed by atoms with E-state index < -0.39 is 5.54 Å². The van der Waals surface area contributed by atoms with Gasteiger partial charge in [0.2, 0.25) is 0 Å². The van der Waals surface area contributed by atoms with Crippen molar-refractivity contribution in [3.63, 3.8) is 0 Å². The summed E-state index contributed by atoms with van der Waals surface area (Å²) in [6.45, 7) is 3.83. The average Bonchev–Trinajstić information content (AvgIpc) is 2.86. The van der Waals surface area contributed by atoms with Crippen molar-refractivity contribution < 1.29 is 13.9 Å². The number of ether oxygens (including phenoxy) is 1. The van der Waals surface area contributed by atoms with Gasteiger partial charge in [0.05, 0.1) is 6.61 Å². The molecule has 0 aliphatic heterocycles. The molecule has 1 aromatic carbocycles. The van der Waals surface area contributed by atoms with E-state index in [9.17, 15) is 4.79 Å². The van der Waals surface area contributed by atoms with Crippen LogP contribution in [0.25, 0.3) is 11.1 Å². The number of carbonyl (C=O) groups is 1. The Bertz CT molecular complexity index is 577. The highest BCUT2D eigenvalue weighted by Crippen LogP contribution is 2.24. The Balaban J connectivity index is 1.80. The maximum absolute atomic E-state index is 11.7. The number of carbonyl (C=O) groups excluding carboxylic acids is 1. The third kappa shape index (κ3) is 4.22. The van der Waals surface area contributed by atoms with Crippen LogP contribution in [0.4, 0.5) is 0 Å². The lowest BCUT2D eigenvalue weighted by Crippen LogP contribution is -2.46. The molecule has 1 heterocycles. The molecule has 21 heavy (non-hydrogen) atoms. The van der Waals surface area contributed by atoms with E-state index in [1.807, 2.05) is 24.3 Å². The standard InChI is InChI=1S/C15H20N2O3S/c1-3-19-13(18)15(2,16)9-6-10-21-14-17-11-7-4-5-8-12(11)20-14/h4-5,7-8H,3,6,9-10,16H2,1-2H3. The van der Waals surface area contributed by atoms with Gasteiger partial charge in [-0.25, -0.2) is 4.98 Å². The van der Waals surface area contributed by atoms with Gasteiger partial charge >= 0.3 is 5.97 Å². The average molecular weight is 308 g/mol. The normalized spacial score (nSPS) is 14.0. The van der Waals surface area contributed by atoms with Crippen LogP contribution in [0, 0.1) is 0 Å². The molecule has 0 saturated heterocycles. The highest BCUT2D eigenvalue weighted by molar-refractivity contribution is 7.99. The summed E-state index contributed by atoms with van der Waals surface area (Å²) in [5.41, 5.74) is 6.68. The number of benzene rings is 1. The summed E-state index contributed by atoms with van der Waals surface area (Å²) in [5, 5.41) is 0.644. The predicted octanol–water partition coefficient (Wildman–Crippen LogP) is 2.98. The second-order valence-corrected chi connectivity index (χ2v) is 6.08. The number of nitrogens with zero attached hydrogens (tertiary/aromatic N) is 1. The minimum Gasteiger partial charge on any atom is -0.465 e. The molecule has 1 aromatic heterocycles. The van der Waals surface area contributed by atoms with Crippen LogP contribution in [0.1, 0.15) is 26.7 Å². The molecule has 0 aliphatic carbocycles. The molecule has 0 bridgehead atoms.